The third kappa shape index (κ3) is 4.61. The van der Waals surface area contributed by atoms with Crippen LogP contribution in [0.1, 0.15) is 42.0 Å². The van der Waals surface area contributed by atoms with Gasteiger partial charge in [-0.25, -0.2) is 13.2 Å². The summed E-state index contributed by atoms with van der Waals surface area (Å²) in [5.41, 5.74) is 2.65. The van der Waals surface area contributed by atoms with Gasteiger partial charge in [-0.3, -0.25) is 9.69 Å². The maximum absolute atomic E-state index is 13.7. The number of hydrogen-bond acceptors (Lipinski definition) is 4. The third-order valence-corrected chi connectivity index (χ3v) is 7.68. The molecule has 1 aliphatic heterocycles. The normalized spacial score (nSPS) is 19.3. The molecule has 1 saturated heterocycles. The molecule has 3 atom stereocenters. The van der Waals surface area contributed by atoms with Gasteiger partial charge < -0.3 is 4.90 Å². The van der Waals surface area contributed by atoms with Crippen molar-refractivity contribution in [3.05, 3.63) is 102 Å². The number of carbonyl (C=O) groups is 2. The zero-order valence-electron chi connectivity index (χ0n) is 19.5. The predicted molar refractivity (Wildman–Crippen MR) is 131 cm³/mol. The fourth-order valence-electron chi connectivity index (χ4n) is 4.56. The largest absolute Gasteiger partial charge is 0.327 e. The summed E-state index contributed by atoms with van der Waals surface area (Å²) in [6, 6.07) is 25.0. The highest BCUT2D eigenvalue weighted by molar-refractivity contribution is 7.90. The quantitative estimate of drug-likeness (QED) is 0.520. The molecule has 1 fully saturated rings. The first-order chi connectivity index (χ1) is 16.2. The predicted octanol–water partition coefficient (Wildman–Crippen LogP) is 4.64. The van der Waals surface area contributed by atoms with Crippen LogP contribution < -0.4 is 0 Å². The minimum Gasteiger partial charge on any atom is -0.322 e. The molecule has 0 spiro atoms. The summed E-state index contributed by atoms with van der Waals surface area (Å²) in [4.78, 5) is 30.0. The minimum atomic E-state index is -3.33. The Bertz CT molecular complexity index is 1280. The number of benzene rings is 3. The van der Waals surface area contributed by atoms with Gasteiger partial charge in [0.05, 0.1) is 17.0 Å². The summed E-state index contributed by atoms with van der Waals surface area (Å²) in [6.45, 7) is 1.95. The number of amides is 3. The summed E-state index contributed by atoms with van der Waals surface area (Å²) in [5, 5.41) is 0. The standard InChI is InChI=1S/C27H28N2O4S/c1-19-26(22-12-8-5-9-13-22)29(27(31)28(19)2)25(30)18-24(20-10-6-4-7-11-20)21-14-16-23(17-15-21)34(3,32)33/h4-17,19,24,26H,18H2,1-3H3/t19-,24+,26-/m1/s1. The van der Waals surface area contributed by atoms with Gasteiger partial charge in [-0.1, -0.05) is 72.8 Å². The van der Waals surface area contributed by atoms with Crippen LogP contribution in [-0.4, -0.2) is 49.5 Å². The number of urea groups is 1. The second-order valence-electron chi connectivity index (χ2n) is 8.76. The average Bonchev–Trinajstić information content (AvgIpc) is 3.07. The molecule has 7 heteroatoms. The summed E-state index contributed by atoms with van der Waals surface area (Å²) < 4.78 is 23.8. The molecule has 3 aromatic rings. The maximum Gasteiger partial charge on any atom is 0.327 e. The lowest BCUT2D eigenvalue weighted by atomic mass is 9.88. The molecule has 3 amide bonds. The van der Waals surface area contributed by atoms with Crippen molar-refractivity contribution in [2.75, 3.05) is 13.3 Å². The summed E-state index contributed by atoms with van der Waals surface area (Å²) >= 11 is 0. The first kappa shape index (κ1) is 23.7. The molecule has 1 heterocycles. The van der Waals surface area contributed by atoms with Crippen LogP contribution >= 0.6 is 0 Å². The van der Waals surface area contributed by atoms with Crippen molar-refractivity contribution in [3.8, 4) is 0 Å². The van der Waals surface area contributed by atoms with Gasteiger partial charge in [0.25, 0.3) is 0 Å². The van der Waals surface area contributed by atoms with Crippen LogP contribution in [-0.2, 0) is 14.6 Å². The summed E-state index contributed by atoms with van der Waals surface area (Å²) in [6.07, 6.45) is 1.25. The molecule has 0 radical (unpaired) electrons. The van der Waals surface area contributed by atoms with Crippen molar-refractivity contribution >= 4 is 21.8 Å². The van der Waals surface area contributed by atoms with E-state index in [1.165, 1.54) is 11.2 Å². The molecule has 0 unspecified atom stereocenters. The van der Waals surface area contributed by atoms with E-state index in [9.17, 15) is 18.0 Å². The van der Waals surface area contributed by atoms with Crippen LogP contribution in [0.15, 0.2) is 89.8 Å². The highest BCUT2D eigenvalue weighted by Crippen LogP contribution is 2.37. The first-order valence-corrected chi connectivity index (χ1v) is 13.1. The van der Waals surface area contributed by atoms with Gasteiger partial charge in [0, 0.05) is 25.6 Å². The fourth-order valence-corrected chi connectivity index (χ4v) is 5.19. The molecule has 176 valence electrons. The molecular weight excluding hydrogens is 448 g/mol. The zero-order chi connectivity index (χ0) is 24.5. The monoisotopic (exact) mass is 476 g/mol. The van der Waals surface area contributed by atoms with Crippen molar-refractivity contribution in [3.63, 3.8) is 0 Å². The van der Waals surface area contributed by atoms with E-state index in [4.69, 9.17) is 0 Å². The van der Waals surface area contributed by atoms with E-state index >= 15 is 0 Å². The van der Waals surface area contributed by atoms with E-state index in [0.29, 0.717) is 0 Å². The Labute approximate surface area is 200 Å². The molecule has 0 N–H and O–H groups in total. The number of hydrogen-bond donors (Lipinski definition) is 0. The second kappa shape index (κ2) is 9.43. The van der Waals surface area contributed by atoms with E-state index in [-0.39, 0.29) is 41.3 Å². The Balaban J connectivity index is 1.70. The summed E-state index contributed by atoms with van der Waals surface area (Å²) in [7, 11) is -1.61. The molecule has 0 saturated carbocycles. The van der Waals surface area contributed by atoms with Crippen LogP contribution in [0.3, 0.4) is 0 Å². The van der Waals surface area contributed by atoms with Gasteiger partial charge in [0.15, 0.2) is 9.84 Å². The molecule has 1 aliphatic rings. The lowest BCUT2D eigenvalue weighted by molar-refractivity contribution is -0.129. The van der Waals surface area contributed by atoms with E-state index in [0.717, 1.165) is 16.7 Å². The van der Waals surface area contributed by atoms with Crippen molar-refractivity contribution in [2.24, 2.45) is 0 Å². The molecule has 0 aliphatic carbocycles. The minimum absolute atomic E-state index is 0.0812. The van der Waals surface area contributed by atoms with Crippen molar-refractivity contribution in [1.82, 2.24) is 9.80 Å². The maximum atomic E-state index is 13.7. The van der Waals surface area contributed by atoms with E-state index in [1.807, 2.05) is 67.6 Å². The van der Waals surface area contributed by atoms with Crippen LogP contribution in [0.25, 0.3) is 0 Å². The zero-order valence-corrected chi connectivity index (χ0v) is 20.3. The fraction of sp³-hybridized carbons (Fsp3) is 0.259. The third-order valence-electron chi connectivity index (χ3n) is 6.55. The van der Waals surface area contributed by atoms with Crippen molar-refractivity contribution in [1.29, 1.82) is 0 Å². The highest BCUT2D eigenvalue weighted by Gasteiger charge is 2.45. The summed E-state index contributed by atoms with van der Waals surface area (Å²) in [5.74, 6) is -0.594. The molecule has 0 aromatic heterocycles. The number of likely N-dealkylation sites (N-methyl/N-ethyl adjacent to an activating group) is 1. The molecule has 6 nitrogen and oxygen atoms in total. The Morgan fingerprint density at radius 1 is 0.882 bits per heavy atom. The molecule has 3 aromatic carbocycles. The second-order valence-corrected chi connectivity index (χ2v) is 10.8. The molecule has 0 bridgehead atoms. The van der Waals surface area contributed by atoms with Gasteiger partial charge in [-0.2, -0.15) is 0 Å². The molecule has 34 heavy (non-hydrogen) atoms. The number of sulfone groups is 1. The SMILES string of the molecule is C[C@@H]1[C@H](c2ccccc2)N(C(=O)C[C@@H](c2ccccc2)c2ccc(S(C)(=O)=O)cc2)C(=O)N1C. The average molecular weight is 477 g/mol. The topological polar surface area (TPSA) is 74.8 Å². The van der Waals surface area contributed by atoms with Gasteiger partial charge >= 0.3 is 6.03 Å². The Hall–Kier alpha value is -3.45. The van der Waals surface area contributed by atoms with E-state index < -0.39 is 9.84 Å². The van der Waals surface area contributed by atoms with Gasteiger partial charge in [0.2, 0.25) is 5.91 Å². The van der Waals surface area contributed by atoms with Crippen LogP contribution in [0.4, 0.5) is 4.79 Å². The van der Waals surface area contributed by atoms with Crippen LogP contribution in [0.5, 0.6) is 0 Å². The molecule has 4 rings (SSSR count). The molecular formula is C27H28N2O4S. The first-order valence-electron chi connectivity index (χ1n) is 11.2. The number of nitrogens with zero attached hydrogens (tertiary/aromatic N) is 2. The number of rotatable bonds is 6. The van der Waals surface area contributed by atoms with Crippen molar-refractivity contribution in [2.45, 2.75) is 36.2 Å². The van der Waals surface area contributed by atoms with Crippen molar-refractivity contribution < 1.29 is 18.0 Å². The Morgan fingerprint density at radius 3 is 1.97 bits per heavy atom. The lowest BCUT2D eigenvalue weighted by Gasteiger charge is -2.26. The Kier molecular flexibility index (Phi) is 6.57. The number of imide groups is 1. The van der Waals surface area contributed by atoms with Crippen LogP contribution in [0.2, 0.25) is 0 Å². The van der Waals surface area contributed by atoms with Gasteiger partial charge in [-0.05, 0) is 35.7 Å². The van der Waals surface area contributed by atoms with E-state index in [2.05, 4.69) is 0 Å². The Morgan fingerprint density at radius 2 is 1.41 bits per heavy atom. The van der Waals surface area contributed by atoms with Crippen LogP contribution in [0, 0.1) is 0 Å². The number of carbonyl (C=O) groups excluding carboxylic acids is 2. The van der Waals surface area contributed by atoms with Gasteiger partial charge in [-0.15, -0.1) is 0 Å². The van der Waals surface area contributed by atoms with Gasteiger partial charge in [0.1, 0.15) is 0 Å². The lowest BCUT2D eigenvalue weighted by Crippen LogP contribution is -2.37. The van der Waals surface area contributed by atoms with E-state index in [1.54, 1.807) is 36.2 Å². The smallest absolute Gasteiger partial charge is 0.322 e. The highest BCUT2D eigenvalue weighted by atomic mass is 32.2.